The Labute approximate surface area is 160 Å². The molecule has 4 aromatic rings. The average molecular weight is 377 g/mol. The van der Waals surface area contributed by atoms with Crippen molar-refractivity contribution in [2.75, 3.05) is 5.32 Å². The van der Waals surface area contributed by atoms with Crippen LogP contribution in [0.2, 0.25) is 0 Å². The number of carbonyl (C=O) groups is 1. The summed E-state index contributed by atoms with van der Waals surface area (Å²) in [7, 11) is 0. The highest BCUT2D eigenvalue weighted by Gasteiger charge is 2.13. The van der Waals surface area contributed by atoms with Crippen LogP contribution in [-0.4, -0.2) is 25.7 Å². The molecule has 4 rings (SSSR count). The summed E-state index contributed by atoms with van der Waals surface area (Å²) < 4.78 is 1.74. The van der Waals surface area contributed by atoms with Crippen molar-refractivity contribution >= 4 is 27.9 Å². The summed E-state index contributed by atoms with van der Waals surface area (Å²) in [6.07, 6.45) is 0.958. The molecule has 0 aliphatic rings. The first kappa shape index (κ1) is 17.4. The van der Waals surface area contributed by atoms with Crippen LogP contribution in [-0.2, 0) is 6.42 Å². The second-order valence-electron chi connectivity index (χ2n) is 6.38. The number of rotatable bonds is 4. The number of fused-ring (bicyclic) bond motifs is 1. The predicted molar refractivity (Wildman–Crippen MR) is 107 cm³/mol. The van der Waals surface area contributed by atoms with Crippen LogP contribution in [0.15, 0.2) is 42.5 Å². The number of aryl methyl sites for hydroxylation is 3. The van der Waals surface area contributed by atoms with Crippen molar-refractivity contribution in [1.29, 1.82) is 0 Å². The number of hydrogen-bond acceptors (Lipinski definition) is 5. The van der Waals surface area contributed by atoms with Gasteiger partial charge in [0.2, 0.25) is 4.96 Å². The van der Waals surface area contributed by atoms with Crippen LogP contribution in [0.5, 0.6) is 0 Å². The Balaban J connectivity index is 1.56. The van der Waals surface area contributed by atoms with E-state index in [0.717, 1.165) is 39.0 Å². The minimum atomic E-state index is -0.108. The van der Waals surface area contributed by atoms with Crippen LogP contribution in [0.25, 0.3) is 15.5 Å². The Kier molecular flexibility index (Phi) is 4.45. The van der Waals surface area contributed by atoms with Gasteiger partial charge in [-0.1, -0.05) is 30.4 Å². The number of nitrogens with zero attached hydrogens (tertiary/aromatic N) is 4. The largest absolute Gasteiger partial charge is 0.322 e. The number of benzene rings is 2. The van der Waals surface area contributed by atoms with E-state index in [-0.39, 0.29) is 5.91 Å². The van der Waals surface area contributed by atoms with Crippen molar-refractivity contribution in [3.63, 3.8) is 0 Å². The Morgan fingerprint density at radius 3 is 2.56 bits per heavy atom. The zero-order valence-electron chi connectivity index (χ0n) is 15.4. The lowest BCUT2D eigenvalue weighted by Gasteiger charge is -2.10. The molecular formula is C20H19N5OS. The third-order valence-corrected chi connectivity index (χ3v) is 5.44. The van der Waals surface area contributed by atoms with Crippen LogP contribution in [0.3, 0.4) is 0 Å². The molecule has 0 saturated carbocycles. The molecule has 0 bridgehead atoms. The number of carbonyl (C=O) groups excluding carboxylic acids is 1. The monoisotopic (exact) mass is 377 g/mol. The molecule has 0 saturated heterocycles. The van der Waals surface area contributed by atoms with Crippen molar-refractivity contribution in [3.8, 4) is 10.6 Å². The van der Waals surface area contributed by atoms with Gasteiger partial charge in [0, 0.05) is 16.8 Å². The average Bonchev–Trinajstić information content (AvgIpc) is 3.25. The second-order valence-corrected chi connectivity index (χ2v) is 7.34. The summed E-state index contributed by atoms with van der Waals surface area (Å²) in [6, 6.07) is 13.6. The molecule has 2 aromatic heterocycles. The van der Waals surface area contributed by atoms with Gasteiger partial charge in [0.15, 0.2) is 5.82 Å². The Morgan fingerprint density at radius 2 is 1.89 bits per heavy atom. The molecule has 1 amide bonds. The smallest absolute Gasteiger partial charge is 0.255 e. The molecule has 1 N–H and O–H groups in total. The summed E-state index contributed by atoms with van der Waals surface area (Å²) in [5.41, 5.74) is 4.64. The van der Waals surface area contributed by atoms with E-state index < -0.39 is 0 Å². The first-order valence-corrected chi connectivity index (χ1v) is 9.57. The molecule has 0 fully saturated rings. The molecule has 136 valence electrons. The van der Waals surface area contributed by atoms with Crippen LogP contribution in [0.1, 0.15) is 34.2 Å². The van der Waals surface area contributed by atoms with Crippen LogP contribution >= 0.6 is 11.3 Å². The lowest BCUT2D eigenvalue weighted by molar-refractivity contribution is 0.102. The first-order valence-electron chi connectivity index (χ1n) is 8.75. The van der Waals surface area contributed by atoms with Gasteiger partial charge in [-0.3, -0.25) is 4.79 Å². The lowest BCUT2D eigenvalue weighted by atomic mass is 10.1. The summed E-state index contributed by atoms with van der Waals surface area (Å²) in [4.78, 5) is 13.3. The highest BCUT2D eigenvalue weighted by molar-refractivity contribution is 7.19. The number of anilines is 1. The van der Waals surface area contributed by atoms with E-state index in [2.05, 4.69) is 27.5 Å². The number of amides is 1. The van der Waals surface area contributed by atoms with Crippen LogP contribution < -0.4 is 5.32 Å². The minimum absolute atomic E-state index is 0.108. The summed E-state index contributed by atoms with van der Waals surface area (Å²) in [5, 5.41) is 16.5. The zero-order chi connectivity index (χ0) is 19.0. The van der Waals surface area contributed by atoms with Crippen molar-refractivity contribution in [1.82, 2.24) is 19.8 Å². The Bertz CT molecular complexity index is 1130. The molecule has 0 spiro atoms. The minimum Gasteiger partial charge on any atom is -0.322 e. The molecule has 7 heteroatoms. The van der Waals surface area contributed by atoms with Crippen molar-refractivity contribution in [2.24, 2.45) is 0 Å². The topological polar surface area (TPSA) is 72.2 Å². The number of nitrogens with one attached hydrogen (secondary N) is 1. The predicted octanol–water partition coefficient (Wildman–Crippen LogP) is 4.28. The third-order valence-electron chi connectivity index (χ3n) is 4.49. The van der Waals surface area contributed by atoms with Crippen LogP contribution in [0.4, 0.5) is 5.69 Å². The van der Waals surface area contributed by atoms with Gasteiger partial charge in [-0.2, -0.15) is 9.61 Å². The van der Waals surface area contributed by atoms with E-state index in [1.54, 1.807) is 4.52 Å². The van der Waals surface area contributed by atoms with E-state index in [4.69, 9.17) is 0 Å². The molecule has 0 atom stereocenters. The van der Waals surface area contributed by atoms with Gasteiger partial charge < -0.3 is 5.32 Å². The molecule has 0 unspecified atom stereocenters. The highest BCUT2D eigenvalue weighted by atomic mass is 32.1. The van der Waals surface area contributed by atoms with Crippen molar-refractivity contribution in [3.05, 3.63) is 65.0 Å². The van der Waals surface area contributed by atoms with Gasteiger partial charge in [0.05, 0.1) is 0 Å². The van der Waals surface area contributed by atoms with Gasteiger partial charge in [0.25, 0.3) is 5.91 Å². The van der Waals surface area contributed by atoms with Crippen molar-refractivity contribution < 1.29 is 4.79 Å². The standard InChI is InChI=1S/C20H19N5OS/c1-4-14-5-7-15(8-6-14)18(26)21-17-10-9-16(11-12(17)2)19-24-25-13(3)22-23-20(25)27-19/h5-11H,4H2,1-3H3,(H,21,26). The lowest BCUT2D eigenvalue weighted by Crippen LogP contribution is -2.12. The van der Waals surface area contributed by atoms with Crippen molar-refractivity contribution in [2.45, 2.75) is 27.2 Å². The van der Waals surface area contributed by atoms with E-state index in [9.17, 15) is 4.79 Å². The Morgan fingerprint density at radius 1 is 1.11 bits per heavy atom. The second kappa shape index (κ2) is 6.92. The van der Waals surface area contributed by atoms with Gasteiger partial charge in [0.1, 0.15) is 5.01 Å². The number of hydrogen-bond donors (Lipinski definition) is 1. The fourth-order valence-electron chi connectivity index (χ4n) is 2.85. The summed E-state index contributed by atoms with van der Waals surface area (Å²) >= 11 is 1.49. The van der Waals surface area contributed by atoms with E-state index in [1.807, 2.05) is 56.3 Å². The number of aromatic nitrogens is 4. The Hall–Kier alpha value is -3.06. The van der Waals surface area contributed by atoms with Gasteiger partial charge in [-0.25, -0.2) is 0 Å². The summed E-state index contributed by atoms with van der Waals surface area (Å²) in [6.45, 7) is 5.95. The third kappa shape index (κ3) is 3.33. The zero-order valence-corrected chi connectivity index (χ0v) is 16.2. The molecule has 6 nitrogen and oxygen atoms in total. The maximum atomic E-state index is 12.5. The molecule has 2 heterocycles. The first-order chi connectivity index (χ1) is 13.0. The molecule has 2 aromatic carbocycles. The van der Waals surface area contributed by atoms with E-state index >= 15 is 0 Å². The van der Waals surface area contributed by atoms with Crippen LogP contribution in [0, 0.1) is 13.8 Å². The quantitative estimate of drug-likeness (QED) is 0.576. The SMILES string of the molecule is CCc1ccc(C(=O)Nc2ccc(-c3nn4c(C)nnc4s3)cc2C)cc1. The van der Waals surface area contributed by atoms with Gasteiger partial charge in [-0.15, -0.1) is 10.2 Å². The van der Waals surface area contributed by atoms with Gasteiger partial charge in [-0.05, 0) is 61.7 Å². The maximum Gasteiger partial charge on any atom is 0.255 e. The van der Waals surface area contributed by atoms with E-state index in [1.165, 1.54) is 16.9 Å². The van der Waals surface area contributed by atoms with E-state index in [0.29, 0.717) is 5.56 Å². The maximum absolute atomic E-state index is 12.5. The summed E-state index contributed by atoms with van der Waals surface area (Å²) in [5.74, 6) is 0.658. The van der Waals surface area contributed by atoms with Gasteiger partial charge >= 0.3 is 0 Å². The molecule has 0 radical (unpaired) electrons. The normalized spacial score (nSPS) is 11.1. The fraction of sp³-hybridized carbons (Fsp3) is 0.200. The fourth-order valence-corrected chi connectivity index (χ4v) is 3.74. The molecule has 27 heavy (non-hydrogen) atoms. The molecule has 0 aliphatic carbocycles. The molecule has 0 aliphatic heterocycles. The molecular weight excluding hydrogens is 358 g/mol. The highest BCUT2D eigenvalue weighted by Crippen LogP contribution is 2.28.